The number of halogens is 1. The lowest BCUT2D eigenvalue weighted by Gasteiger charge is -2.34. The smallest absolute Gasteiger partial charge is 0.287 e. The zero-order valence-electron chi connectivity index (χ0n) is 11.7. The molecule has 1 saturated heterocycles. The zero-order valence-corrected chi connectivity index (χ0v) is 13.3. The van der Waals surface area contributed by atoms with Crippen LogP contribution < -0.4 is 4.90 Å². The summed E-state index contributed by atoms with van der Waals surface area (Å²) in [6.45, 7) is 1.96. The first kappa shape index (κ1) is 14.9. The monoisotopic (exact) mass is 363 g/mol. The molecule has 1 aromatic heterocycles. The van der Waals surface area contributed by atoms with Gasteiger partial charge >= 0.3 is 0 Å². The molecule has 0 saturated carbocycles. The minimum atomic E-state index is -0.444. The molecule has 3 rings (SSSR count). The Morgan fingerprint density at radius 1 is 1.32 bits per heavy atom. The second-order valence-corrected chi connectivity index (χ2v) is 5.81. The highest BCUT2D eigenvalue weighted by Crippen LogP contribution is 2.30. The van der Waals surface area contributed by atoms with E-state index in [1.165, 1.54) is 12.3 Å². The zero-order chi connectivity index (χ0) is 15.5. The number of ether oxygens (including phenoxy) is 1. The van der Waals surface area contributed by atoms with Crippen molar-refractivity contribution in [1.29, 1.82) is 0 Å². The molecule has 0 N–H and O–H groups in total. The fraction of sp³-hybridized carbons (Fsp3) is 0.267. The molecule has 114 valence electrons. The maximum Gasteiger partial charge on any atom is 0.287 e. The molecule has 1 aromatic carbocycles. The van der Waals surface area contributed by atoms with Gasteiger partial charge in [0.25, 0.3) is 5.69 Å². The number of hydrogen-bond acceptors (Lipinski definition) is 5. The topological polar surface area (TPSA) is 68.5 Å². The Balaban J connectivity index is 1.78. The summed E-state index contributed by atoms with van der Waals surface area (Å²) in [5.41, 5.74) is 1.09. The van der Waals surface area contributed by atoms with Crippen molar-refractivity contribution in [2.24, 2.45) is 0 Å². The second-order valence-electron chi connectivity index (χ2n) is 4.96. The van der Waals surface area contributed by atoms with Gasteiger partial charge in [0, 0.05) is 23.6 Å². The lowest BCUT2D eigenvalue weighted by Crippen LogP contribution is -2.38. The van der Waals surface area contributed by atoms with Crippen LogP contribution in [0.5, 0.6) is 0 Å². The van der Waals surface area contributed by atoms with Crippen molar-refractivity contribution >= 4 is 27.4 Å². The number of benzene rings is 1. The summed E-state index contributed by atoms with van der Waals surface area (Å²) in [7, 11) is 0. The molecule has 0 radical (unpaired) electrons. The van der Waals surface area contributed by atoms with Crippen LogP contribution in [0.1, 0.15) is 11.7 Å². The molecule has 0 spiro atoms. The molecular weight excluding hydrogens is 350 g/mol. The minimum absolute atomic E-state index is 0.000590. The summed E-state index contributed by atoms with van der Waals surface area (Å²) in [4.78, 5) is 16.5. The average Bonchev–Trinajstić information content (AvgIpc) is 2.55. The van der Waals surface area contributed by atoms with Crippen LogP contribution in [0.4, 0.5) is 11.5 Å². The summed E-state index contributed by atoms with van der Waals surface area (Å²) in [6.07, 6.45) is 1.24. The largest absolute Gasteiger partial charge is 0.370 e. The third-order valence-electron chi connectivity index (χ3n) is 3.59. The summed E-state index contributed by atoms with van der Waals surface area (Å²) >= 11 is 3.54. The van der Waals surface area contributed by atoms with E-state index in [1.54, 1.807) is 6.07 Å². The van der Waals surface area contributed by atoms with Crippen LogP contribution in [-0.2, 0) is 4.74 Å². The first-order valence-corrected chi connectivity index (χ1v) is 7.66. The van der Waals surface area contributed by atoms with Gasteiger partial charge in [-0.25, -0.2) is 4.98 Å². The van der Waals surface area contributed by atoms with Crippen LogP contribution in [0, 0.1) is 10.1 Å². The van der Waals surface area contributed by atoms with E-state index in [0.717, 1.165) is 15.9 Å². The Morgan fingerprint density at radius 3 is 2.82 bits per heavy atom. The standard InChI is InChI=1S/C15H14BrN3O3/c16-13-4-2-1-3-12(13)14-10-18(7-8-22-14)15-6-5-11(9-17-15)19(20)21/h1-6,9,14H,7-8,10H2. The van der Waals surface area contributed by atoms with Crippen molar-refractivity contribution in [2.75, 3.05) is 24.6 Å². The highest BCUT2D eigenvalue weighted by atomic mass is 79.9. The third-order valence-corrected chi connectivity index (χ3v) is 4.31. The molecule has 1 aliphatic heterocycles. The molecule has 2 heterocycles. The van der Waals surface area contributed by atoms with Crippen molar-refractivity contribution in [2.45, 2.75) is 6.10 Å². The number of nitro groups is 1. The number of pyridine rings is 1. The van der Waals surface area contributed by atoms with E-state index in [4.69, 9.17) is 4.74 Å². The van der Waals surface area contributed by atoms with E-state index in [2.05, 4.69) is 25.8 Å². The molecule has 7 heteroatoms. The van der Waals surface area contributed by atoms with Crippen molar-refractivity contribution in [3.63, 3.8) is 0 Å². The van der Waals surface area contributed by atoms with Gasteiger partial charge in [-0.1, -0.05) is 34.1 Å². The van der Waals surface area contributed by atoms with Gasteiger partial charge in [-0.15, -0.1) is 0 Å². The lowest BCUT2D eigenvalue weighted by atomic mass is 10.1. The number of morpholine rings is 1. The highest BCUT2D eigenvalue weighted by Gasteiger charge is 2.24. The quantitative estimate of drug-likeness (QED) is 0.617. The van der Waals surface area contributed by atoms with E-state index in [0.29, 0.717) is 19.7 Å². The summed E-state index contributed by atoms with van der Waals surface area (Å²) in [5.74, 6) is 0.728. The Kier molecular flexibility index (Phi) is 4.35. The van der Waals surface area contributed by atoms with Gasteiger partial charge in [0.1, 0.15) is 18.1 Å². The van der Waals surface area contributed by atoms with Crippen molar-refractivity contribution in [3.8, 4) is 0 Å². The van der Waals surface area contributed by atoms with Crippen LogP contribution in [0.3, 0.4) is 0 Å². The maximum absolute atomic E-state index is 10.7. The van der Waals surface area contributed by atoms with Crippen molar-refractivity contribution in [1.82, 2.24) is 4.98 Å². The summed E-state index contributed by atoms with van der Waals surface area (Å²) < 4.78 is 6.86. The lowest BCUT2D eigenvalue weighted by molar-refractivity contribution is -0.385. The van der Waals surface area contributed by atoms with E-state index in [1.807, 2.05) is 24.3 Å². The molecule has 1 fully saturated rings. The van der Waals surface area contributed by atoms with Gasteiger partial charge < -0.3 is 9.64 Å². The molecule has 1 atom stereocenters. The first-order chi connectivity index (χ1) is 10.6. The van der Waals surface area contributed by atoms with Crippen LogP contribution in [-0.4, -0.2) is 29.6 Å². The molecule has 6 nitrogen and oxygen atoms in total. The van der Waals surface area contributed by atoms with Gasteiger partial charge in [0.05, 0.1) is 11.5 Å². The Hall–Kier alpha value is -1.99. The van der Waals surface area contributed by atoms with Gasteiger partial charge in [-0.3, -0.25) is 10.1 Å². The van der Waals surface area contributed by atoms with E-state index in [-0.39, 0.29) is 11.8 Å². The Morgan fingerprint density at radius 2 is 2.14 bits per heavy atom. The van der Waals surface area contributed by atoms with E-state index >= 15 is 0 Å². The molecule has 0 aliphatic carbocycles. The molecule has 1 aliphatic rings. The molecule has 0 bridgehead atoms. The number of hydrogen-bond donors (Lipinski definition) is 0. The van der Waals surface area contributed by atoms with Gasteiger partial charge in [-0.05, 0) is 17.7 Å². The predicted octanol–water partition coefficient (Wildman–Crippen LogP) is 3.33. The average molecular weight is 364 g/mol. The predicted molar refractivity (Wildman–Crippen MR) is 85.9 cm³/mol. The number of aromatic nitrogens is 1. The number of nitrogens with zero attached hydrogens (tertiary/aromatic N) is 3. The van der Waals surface area contributed by atoms with Crippen molar-refractivity contribution in [3.05, 3.63) is 62.7 Å². The van der Waals surface area contributed by atoms with Gasteiger partial charge in [-0.2, -0.15) is 0 Å². The van der Waals surface area contributed by atoms with Crippen LogP contribution in [0.15, 0.2) is 47.1 Å². The van der Waals surface area contributed by atoms with E-state index in [9.17, 15) is 10.1 Å². The second kappa shape index (κ2) is 6.41. The summed E-state index contributed by atoms with van der Waals surface area (Å²) in [6, 6.07) is 11.1. The molecule has 2 aromatic rings. The maximum atomic E-state index is 10.7. The minimum Gasteiger partial charge on any atom is -0.370 e. The van der Waals surface area contributed by atoms with Gasteiger partial charge in [0.2, 0.25) is 0 Å². The van der Waals surface area contributed by atoms with Crippen LogP contribution in [0.25, 0.3) is 0 Å². The molecule has 0 amide bonds. The van der Waals surface area contributed by atoms with Crippen LogP contribution >= 0.6 is 15.9 Å². The Bertz CT molecular complexity index is 678. The fourth-order valence-electron chi connectivity index (χ4n) is 2.46. The Labute approximate surface area is 136 Å². The SMILES string of the molecule is O=[N+]([O-])c1ccc(N2CCOC(c3ccccc3Br)C2)nc1. The van der Waals surface area contributed by atoms with Crippen LogP contribution in [0.2, 0.25) is 0 Å². The molecule has 22 heavy (non-hydrogen) atoms. The molecule has 1 unspecified atom stereocenters. The number of anilines is 1. The highest BCUT2D eigenvalue weighted by molar-refractivity contribution is 9.10. The first-order valence-electron chi connectivity index (χ1n) is 6.86. The number of rotatable bonds is 3. The normalized spacial score (nSPS) is 18.2. The van der Waals surface area contributed by atoms with Crippen molar-refractivity contribution < 1.29 is 9.66 Å². The van der Waals surface area contributed by atoms with Gasteiger partial charge in [0.15, 0.2) is 0 Å². The molecular formula is C15H14BrN3O3. The summed E-state index contributed by atoms with van der Waals surface area (Å²) in [5, 5.41) is 10.7. The van der Waals surface area contributed by atoms with E-state index < -0.39 is 4.92 Å². The third kappa shape index (κ3) is 3.10. The fourth-order valence-corrected chi connectivity index (χ4v) is 3.00.